The summed E-state index contributed by atoms with van der Waals surface area (Å²) in [6, 6.07) is 6.64. The van der Waals surface area contributed by atoms with E-state index in [0.717, 1.165) is 42.7 Å². The van der Waals surface area contributed by atoms with Gasteiger partial charge in [-0.05, 0) is 39.7 Å². The van der Waals surface area contributed by atoms with Gasteiger partial charge in [0.05, 0.1) is 11.4 Å². The van der Waals surface area contributed by atoms with Crippen molar-refractivity contribution in [2.75, 3.05) is 18.0 Å². The summed E-state index contributed by atoms with van der Waals surface area (Å²) in [5.41, 5.74) is 1.32. The minimum absolute atomic E-state index is 0.144. The molecule has 1 aromatic rings. The van der Waals surface area contributed by atoms with Crippen LogP contribution >= 0.6 is 0 Å². The van der Waals surface area contributed by atoms with Gasteiger partial charge in [0.25, 0.3) is 0 Å². The van der Waals surface area contributed by atoms with Gasteiger partial charge in [-0.15, -0.1) is 0 Å². The summed E-state index contributed by atoms with van der Waals surface area (Å²) in [6.45, 7) is 4.36. The van der Waals surface area contributed by atoms with Crippen LogP contribution in [0, 0.1) is 5.92 Å². The lowest BCUT2D eigenvalue weighted by Gasteiger charge is -2.27. The molecule has 0 unspecified atom stereocenters. The van der Waals surface area contributed by atoms with Crippen molar-refractivity contribution in [2.24, 2.45) is 11.0 Å². The zero-order chi connectivity index (χ0) is 21.9. The Bertz CT molecular complexity index is 853. The highest BCUT2D eigenvalue weighted by molar-refractivity contribution is 6.12. The number of urea groups is 1. The fourth-order valence-corrected chi connectivity index (χ4v) is 3.96. The average molecular weight is 415 g/mol. The van der Waals surface area contributed by atoms with Crippen LogP contribution in [-0.2, 0) is 14.3 Å². The van der Waals surface area contributed by atoms with Gasteiger partial charge in [-0.25, -0.2) is 9.80 Å². The fourth-order valence-electron chi connectivity index (χ4n) is 3.96. The second-order valence-electron chi connectivity index (χ2n) is 8.74. The van der Waals surface area contributed by atoms with Crippen LogP contribution in [0.4, 0.5) is 10.5 Å². The summed E-state index contributed by atoms with van der Waals surface area (Å²) in [7, 11) is 0. The number of esters is 1. The number of para-hydroxylation sites is 1. The van der Waals surface area contributed by atoms with E-state index in [1.807, 2.05) is 12.1 Å². The molecule has 0 bridgehead atoms. The quantitative estimate of drug-likeness (QED) is 0.740. The molecule has 2 amide bonds. The molecule has 8 nitrogen and oxygen atoms in total. The van der Waals surface area contributed by atoms with Crippen molar-refractivity contribution in [3.8, 4) is 0 Å². The Kier molecular flexibility index (Phi) is 6.43. The standard InChI is InChI=1S/C22H29N3O5/c1-22(2,3)30-19(28)14-24-17-12-8-7-11-16(17)20(15-9-5-4-6-10-15)23-25(21(24)29)13-18(26)27/h7-8,11-12,15H,4-6,9-10,13-14H2,1-3H3,(H,26,27). The molecule has 0 aromatic heterocycles. The minimum Gasteiger partial charge on any atom is -0.480 e. The van der Waals surface area contributed by atoms with E-state index in [2.05, 4.69) is 5.10 Å². The van der Waals surface area contributed by atoms with Crippen LogP contribution in [-0.4, -0.2) is 52.5 Å². The first-order chi connectivity index (χ1) is 14.2. The van der Waals surface area contributed by atoms with Crippen molar-refractivity contribution in [1.29, 1.82) is 0 Å². The minimum atomic E-state index is -1.17. The van der Waals surface area contributed by atoms with Crippen molar-refractivity contribution < 1.29 is 24.2 Å². The number of nitrogens with zero attached hydrogens (tertiary/aromatic N) is 3. The number of carbonyl (C=O) groups excluding carboxylic acids is 2. The third-order valence-corrected chi connectivity index (χ3v) is 5.14. The topological polar surface area (TPSA) is 99.5 Å². The number of carboxylic acid groups (broad SMARTS) is 1. The third kappa shape index (κ3) is 5.17. The summed E-state index contributed by atoms with van der Waals surface area (Å²) in [5, 5.41) is 14.8. The zero-order valence-corrected chi connectivity index (χ0v) is 17.8. The van der Waals surface area contributed by atoms with Gasteiger partial charge >= 0.3 is 18.0 Å². The molecule has 1 fully saturated rings. The lowest BCUT2D eigenvalue weighted by molar-refractivity contribution is -0.152. The van der Waals surface area contributed by atoms with Gasteiger partial charge in [0.2, 0.25) is 0 Å². The number of hydrazone groups is 1. The van der Waals surface area contributed by atoms with Crippen LogP contribution in [0.1, 0.15) is 58.4 Å². The van der Waals surface area contributed by atoms with Gasteiger partial charge in [0.1, 0.15) is 18.7 Å². The van der Waals surface area contributed by atoms with E-state index in [1.54, 1.807) is 32.9 Å². The van der Waals surface area contributed by atoms with Crippen LogP contribution in [0.2, 0.25) is 0 Å². The first kappa shape index (κ1) is 21.8. The summed E-state index contributed by atoms with van der Waals surface area (Å²) in [6.07, 6.45) is 5.18. The van der Waals surface area contributed by atoms with Gasteiger partial charge < -0.3 is 9.84 Å². The van der Waals surface area contributed by atoms with Gasteiger partial charge in [-0.3, -0.25) is 14.5 Å². The molecule has 1 aliphatic carbocycles. The number of benzene rings is 1. The fraction of sp³-hybridized carbons (Fsp3) is 0.545. The monoisotopic (exact) mass is 415 g/mol. The number of rotatable bonds is 5. The lowest BCUT2D eigenvalue weighted by atomic mass is 9.83. The van der Waals surface area contributed by atoms with Gasteiger partial charge in [-0.1, -0.05) is 37.5 Å². The molecule has 1 N–H and O–H groups in total. The van der Waals surface area contributed by atoms with Crippen LogP contribution in [0.25, 0.3) is 0 Å². The SMILES string of the molecule is CC(C)(C)OC(=O)CN1C(=O)N(CC(=O)O)N=C(C2CCCCC2)c2ccccc21. The maximum Gasteiger partial charge on any atom is 0.346 e. The van der Waals surface area contributed by atoms with E-state index in [9.17, 15) is 19.5 Å². The van der Waals surface area contributed by atoms with Crippen LogP contribution < -0.4 is 4.90 Å². The summed E-state index contributed by atoms with van der Waals surface area (Å²) >= 11 is 0. The molecule has 1 heterocycles. The molecule has 1 aromatic carbocycles. The highest BCUT2D eigenvalue weighted by atomic mass is 16.6. The number of ether oxygens (including phenoxy) is 1. The van der Waals surface area contributed by atoms with Crippen LogP contribution in [0.15, 0.2) is 29.4 Å². The van der Waals surface area contributed by atoms with Crippen molar-refractivity contribution in [3.63, 3.8) is 0 Å². The van der Waals surface area contributed by atoms with Crippen molar-refractivity contribution in [2.45, 2.75) is 58.5 Å². The normalized spacial score (nSPS) is 17.8. The summed E-state index contributed by atoms with van der Waals surface area (Å²) in [5.74, 6) is -1.59. The van der Waals surface area contributed by atoms with Crippen molar-refractivity contribution in [3.05, 3.63) is 29.8 Å². The van der Waals surface area contributed by atoms with E-state index in [0.29, 0.717) is 11.4 Å². The molecule has 2 aliphatic rings. The molecule has 0 spiro atoms. The molecule has 8 heteroatoms. The number of carboxylic acids is 1. The van der Waals surface area contributed by atoms with Crippen molar-refractivity contribution >= 4 is 29.4 Å². The molecule has 162 valence electrons. The van der Waals surface area contributed by atoms with Gasteiger partial charge in [0.15, 0.2) is 0 Å². The van der Waals surface area contributed by atoms with E-state index in [1.165, 1.54) is 4.90 Å². The third-order valence-electron chi connectivity index (χ3n) is 5.14. The smallest absolute Gasteiger partial charge is 0.346 e. The summed E-state index contributed by atoms with van der Waals surface area (Å²) in [4.78, 5) is 38.5. The maximum atomic E-state index is 13.2. The highest BCUT2D eigenvalue weighted by Crippen LogP contribution is 2.34. The largest absolute Gasteiger partial charge is 0.480 e. The molecule has 0 atom stereocenters. The van der Waals surface area contributed by atoms with Crippen molar-refractivity contribution in [1.82, 2.24) is 5.01 Å². The molecular formula is C22H29N3O5. The first-order valence-corrected chi connectivity index (χ1v) is 10.4. The van der Waals surface area contributed by atoms with E-state index in [-0.39, 0.29) is 12.5 Å². The molecule has 0 saturated heterocycles. The molecule has 0 radical (unpaired) electrons. The second kappa shape index (κ2) is 8.85. The average Bonchev–Trinajstić information content (AvgIpc) is 2.78. The predicted molar refractivity (Wildman–Crippen MR) is 112 cm³/mol. The van der Waals surface area contributed by atoms with Gasteiger partial charge in [-0.2, -0.15) is 5.10 Å². The van der Waals surface area contributed by atoms with Crippen LogP contribution in [0.3, 0.4) is 0 Å². The van der Waals surface area contributed by atoms with E-state index < -0.39 is 30.1 Å². The number of carbonyl (C=O) groups is 3. The second-order valence-corrected chi connectivity index (χ2v) is 8.74. The lowest BCUT2D eigenvalue weighted by Crippen LogP contribution is -2.45. The Balaban J connectivity index is 2.03. The van der Waals surface area contributed by atoms with Crippen LogP contribution in [0.5, 0.6) is 0 Å². The Morgan fingerprint density at radius 1 is 1.13 bits per heavy atom. The predicted octanol–water partition coefficient (Wildman–Crippen LogP) is 3.64. The number of fused-ring (bicyclic) bond motifs is 1. The maximum absolute atomic E-state index is 13.2. The molecule has 30 heavy (non-hydrogen) atoms. The molecule has 1 saturated carbocycles. The highest BCUT2D eigenvalue weighted by Gasteiger charge is 2.35. The van der Waals surface area contributed by atoms with E-state index >= 15 is 0 Å². The Morgan fingerprint density at radius 3 is 2.43 bits per heavy atom. The number of hydrogen-bond donors (Lipinski definition) is 1. The first-order valence-electron chi connectivity index (χ1n) is 10.4. The number of amides is 2. The Labute approximate surface area is 176 Å². The molecule has 3 rings (SSSR count). The zero-order valence-electron chi connectivity index (χ0n) is 17.8. The van der Waals surface area contributed by atoms with E-state index in [4.69, 9.17) is 4.74 Å². The Hall–Kier alpha value is -2.90. The number of aliphatic carboxylic acids is 1. The molecular weight excluding hydrogens is 386 g/mol. The Morgan fingerprint density at radius 2 is 1.80 bits per heavy atom. The molecule has 1 aliphatic heterocycles. The van der Waals surface area contributed by atoms with Gasteiger partial charge in [0, 0.05) is 11.5 Å². The number of anilines is 1. The number of hydrogen-bond acceptors (Lipinski definition) is 5. The summed E-state index contributed by atoms with van der Waals surface area (Å²) < 4.78 is 5.40.